The van der Waals surface area contributed by atoms with Crippen molar-refractivity contribution in [1.29, 1.82) is 0 Å². The SMILES string of the molecule is CCOC(=O)[C@H]1CC[C@H](OC(C(=O)Cc2cc(Cl)c(NC(=O)c3cn(C)c4ccccc34)cc2F)(N2CCCC2)N2CCN(c3ccncc3)CC2)CC1. The molecule has 1 saturated carbocycles. The lowest BCUT2D eigenvalue weighted by molar-refractivity contribution is -0.257. The van der Waals surface area contributed by atoms with Gasteiger partial charge < -0.3 is 24.3 Å². The number of amides is 1. The van der Waals surface area contributed by atoms with E-state index in [1.807, 2.05) is 54.9 Å². The molecule has 2 saturated heterocycles. The van der Waals surface area contributed by atoms with Crippen molar-refractivity contribution in [2.45, 2.75) is 63.8 Å². The number of benzene rings is 2. The van der Waals surface area contributed by atoms with Crippen LogP contribution in [-0.2, 0) is 32.5 Å². The van der Waals surface area contributed by atoms with Crippen LogP contribution in [0.1, 0.15) is 61.4 Å². The third kappa shape index (κ3) is 7.75. The van der Waals surface area contributed by atoms with E-state index in [0.717, 1.165) is 29.4 Å². The van der Waals surface area contributed by atoms with Crippen molar-refractivity contribution in [3.63, 3.8) is 0 Å². The Morgan fingerprint density at radius 1 is 0.944 bits per heavy atom. The second kappa shape index (κ2) is 16.6. The zero-order valence-electron chi connectivity index (χ0n) is 30.9. The lowest BCUT2D eigenvalue weighted by Gasteiger charge is -2.52. The van der Waals surface area contributed by atoms with Crippen LogP contribution >= 0.6 is 11.6 Å². The molecule has 1 atom stereocenters. The number of rotatable bonds is 12. The number of ether oxygens (including phenoxy) is 2. The molecule has 1 unspecified atom stereocenters. The van der Waals surface area contributed by atoms with E-state index in [9.17, 15) is 9.59 Å². The van der Waals surface area contributed by atoms with E-state index in [2.05, 4.69) is 25.0 Å². The Labute approximate surface area is 320 Å². The van der Waals surface area contributed by atoms with Gasteiger partial charge in [0.25, 0.3) is 5.91 Å². The number of aryl methyl sites for hydroxylation is 1. The molecule has 2 aromatic carbocycles. The Bertz CT molecular complexity index is 1970. The predicted molar refractivity (Wildman–Crippen MR) is 206 cm³/mol. The normalized spacial score (nSPS) is 20.9. The molecule has 4 aromatic rings. The molecule has 0 bridgehead atoms. The molecule has 54 heavy (non-hydrogen) atoms. The molecular formula is C41H48ClFN6O5. The van der Waals surface area contributed by atoms with E-state index in [1.54, 1.807) is 18.6 Å². The summed E-state index contributed by atoms with van der Waals surface area (Å²) in [5.74, 6) is -3.15. The van der Waals surface area contributed by atoms with E-state index >= 15 is 9.18 Å². The number of ketones is 1. The van der Waals surface area contributed by atoms with Crippen LogP contribution in [0.2, 0.25) is 5.02 Å². The molecule has 0 radical (unpaired) electrons. The first kappa shape index (κ1) is 37.9. The number of para-hydroxylation sites is 1. The summed E-state index contributed by atoms with van der Waals surface area (Å²) in [4.78, 5) is 51.7. The number of fused-ring (bicyclic) bond motifs is 1. The number of nitrogens with one attached hydrogen (secondary N) is 1. The number of pyridine rings is 1. The van der Waals surface area contributed by atoms with Crippen molar-refractivity contribution in [3.8, 4) is 0 Å². The summed E-state index contributed by atoms with van der Waals surface area (Å²) in [6.45, 7) is 5.90. The first-order valence-electron chi connectivity index (χ1n) is 19.0. The third-order valence-electron chi connectivity index (χ3n) is 11.1. The highest BCUT2D eigenvalue weighted by Crippen LogP contribution is 2.38. The second-order valence-electron chi connectivity index (χ2n) is 14.5. The highest BCUT2D eigenvalue weighted by Gasteiger charge is 2.53. The third-order valence-corrected chi connectivity index (χ3v) is 11.4. The van der Waals surface area contributed by atoms with Crippen molar-refractivity contribution < 1.29 is 28.2 Å². The Morgan fingerprint density at radius 3 is 2.33 bits per heavy atom. The van der Waals surface area contributed by atoms with Gasteiger partial charge in [-0.05, 0) is 81.3 Å². The first-order chi connectivity index (χ1) is 26.2. The lowest BCUT2D eigenvalue weighted by atomic mass is 9.87. The fourth-order valence-corrected chi connectivity index (χ4v) is 8.57. The summed E-state index contributed by atoms with van der Waals surface area (Å²) < 4.78 is 30.4. The summed E-state index contributed by atoms with van der Waals surface area (Å²) in [7, 11) is 1.86. The van der Waals surface area contributed by atoms with E-state index in [0.29, 0.717) is 77.1 Å². The van der Waals surface area contributed by atoms with E-state index in [-0.39, 0.29) is 46.5 Å². The minimum absolute atomic E-state index is 0.121. The average molecular weight is 759 g/mol. The molecule has 3 fully saturated rings. The summed E-state index contributed by atoms with van der Waals surface area (Å²) in [6, 6.07) is 14.1. The van der Waals surface area contributed by atoms with Gasteiger partial charge in [0.2, 0.25) is 5.85 Å². The molecule has 2 aromatic heterocycles. The van der Waals surface area contributed by atoms with Gasteiger partial charge in [-0.2, -0.15) is 0 Å². The van der Waals surface area contributed by atoms with Gasteiger partial charge >= 0.3 is 5.97 Å². The molecule has 1 amide bonds. The number of hydrogen-bond donors (Lipinski definition) is 1. The second-order valence-corrected chi connectivity index (χ2v) is 14.9. The number of piperazine rings is 1. The molecule has 11 nitrogen and oxygen atoms in total. The first-order valence-corrected chi connectivity index (χ1v) is 19.4. The highest BCUT2D eigenvalue weighted by molar-refractivity contribution is 6.34. The molecule has 1 aliphatic carbocycles. The standard InChI is InChI=1S/C41H48ClFN6O5/c1-3-53-40(52)28-10-12-31(13-11-28)54-41(48-18-6-7-19-48,49-22-20-47(21-23-49)30-14-16-44-17-15-30)38(50)25-29-24-34(42)36(26-35(29)43)45-39(51)33-27-46(2)37-9-5-4-8-32(33)37/h4-5,8-9,14-17,24,26-28,31H,3,6-7,10-13,18-23,25H2,1-2H3,(H,45,51)/t28-,31-,41?. The topological polar surface area (TPSA) is 109 Å². The van der Waals surface area contributed by atoms with E-state index < -0.39 is 17.6 Å². The van der Waals surface area contributed by atoms with Gasteiger partial charge in [0.1, 0.15) is 5.82 Å². The van der Waals surface area contributed by atoms with E-state index in [1.165, 1.54) is 12.1 Å². The number of Topliss-reactive ketones (excluding diaryl/α,β-unsaturated/α-hetero) is 1. The van der Waals surface area contributed by atoms with Crippen molar-refractivity contribution >= 4 is 51.5 Å². The maximum Gasteiger partial charge on any atom is 0.308 e. The zero-order chi connectivity index (χ0) is 37.8. The maximum atomic E-state index is 16.1. The Hall–Kier alpha value is -4.36. The van der Waals surface area contributed by atoms with Gasteiger partial charge in [0, 0.05) is 87.9 Å². The predicted octanol–water partition coefficient (Wildman–Crippen LogP) is 6.44. The smallest absolute Gasteiger partial charge is 0.308 e. The largest absolute Gasteiger partial charge is 0.466 e. The number of likely N-dealkylation sites (tertiary alicyclic amines) is 1. The Balaban J connectivity index is 1.15. The quantitative estimate of drug-likeness (QED) is 0.163. The van der Waals surface area contributed by atoms with Gasteiger partial charge in [-0.25, -0.2) is 4.39 Å². The van der Waals surface area contributed by atoms with Gasteiger partial charge in [-0.1, -0.05) is 29.8 Å². The fourth-order valence-electron chi connectivity index (χ4n) is 8.34. The zero-order valence-corrected chi connectivity index (χ0v) is 31.7. The number of esters is 1. The van der Waals surface area contributed by atoms with Crippen molar-refractivity contribution in [2.75, 3.05) is 56.1 Å². The summed E-state index contributed by atoms with van der Waals surface area (Å²) in [6.07, 6.45) is 9.00. The molecule has 2 aliphatic heterocycles. The van der Waals surface area contributed by atoms with Crippen LogP contribution in [0.25, 0.3) is 10.9 Å². The molecule has 0 spiro atoms. The molecule has 286 valence electrons. The lowest BCUT2D eigenvalue weighted by Crippen LogP contribution is -2.71. The van der Waals surface area contributed by atoms with Crippen LogP contribution in [0.15, 0.2) is 67.1 Å². The van der Waals surface area contributed by atoms with Crippen LogP contribution in [0.4, 0.5) is 15.8 Å². The number of carbonyl (C=O) groups is 3. The minimum atomic E-state index is -1.44. The number of halogens is 2. The fraction of sp³-hybridized carbons (Fsp3) is 0.463. The molecular weight excluding hydrogens is 711 g/mol. The van der Waals surface area contributed by atoms with E-state index in [4.69, 9.17) is 21.1 Å². The molecule has 3 aliphatic rings. The number of aromatic nitrogens is 2. The van der Waals surface area contributed by atoms with Crippen LogP contribution in [0.3, 0.4) is 0 Å². The number of nitrogens with zero attached hydrogens (tertiary/aromatic N) is 5. The van der Waals surface area contributed by atoms with Crippen molar-refractivity contribution in [3.05, 3.63) is 89.1 Å². The van der Waals surface area contributed by atoms with Gasteiger partial charge in [-0.15, -0.1) is 0 Å². The van der Waals surface area contributed by atoms with Crippen molar-refractivity contribution in [2.24, 2.45) is 13.0 Å². The monoisotopic (exact) mass is 758 g/mol. The van der Waals surface area contributed by atoms with Gasteiger partial charge in [0.15, 0.2) is 5.78 Å². The molecule has 1 N–H and O–H groups in total. The van der Waals surface area contributed by atoms with Crippen LogP contribution < -0.4 is 10.2 Å². The Morgan fingerprint density at radius 2 is 1.63 bits per heavy atom. The summed E-state index contributed by atoms with van der Waals surface area (Å²) in [5, 5.41) is 3.68. The Kier molecular flexibility index (Phi) is 11.6. The van der Waals surface area contributed by atoms with Crippen LogP contribution in [0.5, 0.6) is 0 Å². The van der Waals surface area contributed by atoms with Crippen LogP contribution in [0, 0.1) is 11.7 Å². The highest BCUT2D eigenvalue weighted by atomic mass is 35.5. The molecule has 7 rings (SSSR count). The molecule has 4 heterocycles. The summed E-state index contributed by atoms with van der Waals surface area (Å²) >= 11 is 6.72. The number of hydrogen-bond acceptors (Lipinski definition) is 9. The van der Waals surface area contributed by atoms with Gasteiger partial charge in [0.05, 0.1) is 34.9 Å². The minimum Gasteiger partial charge on any atom is -0.466 e. The number of anilines is 2. The van der Waals surface area contributed by atoms with Gasteiger partial charge in [-0.3, -0.25) is 29.2 Å². The summed E-state index contributed by atoms with van der Waals surface area (Å²) in [5.41, 5.74) is 2.64. The van der Waals surface area contributed by atoms with Crippen LogP contribution in [-0.4, -0.2) is 94.8 Å². The molecule has 13 heteroatoms. The average Bonchev–Trinajstić information content (AvgIpc) is 3.85. The maximum absolute atomic E-state index is 16.1. The number of carbonyl (C=O) groups excluding carboxylic acids is 3. The van der Waals surface area contributed by atoms with Crippen molar-refractivity contribution in [1.82, 2.24) is 19.4 Å².